The van der Waals surface area contributed by atoms with Crippen molar-refractivity contribution in [3.05, 3.63) is 70.7 Å². The van der Waals surface area contributed by atoms with Crippen molar-refractivity contribution in [2.24, 2.45) is 12.8 Å². The fourth-order valence-electron chi connectivity index (χ4n) is 4.69. The van der Waals surface area contributed by atoms with Crippen molar-refractivity contribution in [2.45, 2.75) is 31.8 Å². The molecule has 1 atom stereocenters. The topological polar surface area (TPSA) is 140 Å². The van der Waals surface area contributed by atoms with Crippen LogP contribution in [0, 0.1) is 0 Å². The standard InChI is InChI=1S/C24H22N6O4/c1-29-19(11-14(28-29)10-13-4-3-9-26-21(13)22(25)32)15-5-2-6-16-17(15)12-30(24(16)34)18-7-8-20(31)27-23(18)33/h2-6,9,11,18H,7-8,10,12H2,1H3,(H2,25,32)(H,27,31,33). The van der Waals surface area contributed by atoms with E-state index in [1.165, 1.54) is 11.1 Å². The van der Waals surface area contributed by atoms with Gasteiger partial charge in [-0.1, -0.05) is 18.2 Å². The number of imide groups is 1. The zero-order chi connectivity index (χ0) is 24.0. The van der Waals surface area contributed by atoms with Crippen molar-refractivity contribution in [1.82, 2.24) is 25.0 Å². The molecule has 2 aliphatic heterocycles. The average Bonchev–Trinajstić information content (AvgIpc) is 3.33. The van der Waals surface area contributed by atoms with Crippen LogP contribution in [0.5, 0.6) is 0 Å². The minimum Gasteiger partial charge on any atom is -0.364 e. The fourth-order valence-corrected chi connectivity index (χ4v) is 4.69. The maximum Gasteiger partial charge on any atom is 0.267 e. The van der Waals surface area contributed by atoms with Crippen molar-refractivity contribution >= 4 is 23.6 Å². The number of rotatable bonds is 5. The molecule has 34 heavy (non-hydrogen) atoms. The fraction of sp³-hybridized carbons (Fsp3) is 0.250. The van der Waals surface area contributed by atoms with Crippen LogP contribution >= 0.6 is 0 Å². The van der Waals surface area contributed by atoms with Crippen LogP contribution in [-0.4, -0.2) is 49.3 Å². The second kappa shape index (κ2) is 8.22. The predicted molar refractivity (Wildman–Crippen MR) is 120 cm³/mol. The first-order valence-corrected chi connectivity index (χ1v) is 10.9. The molecule has 2 aromatic heterocycles. The maximum atomic E-state index is 13.1. The predicted octanol–water partition coefficient (Wildman–Crippen LogP) is 0.933. The molecule has 1 fully saturated rings. The Morgan fingerprint density at radius 3 is 2.74 bits per heavy atom. The molecule has 0 saturated carbocycles. The molecule has 0 spiro atoms. The number of hydrogen-bond donors (Lipinski definition) is 2. The van der Waals surface area contributed by atoms with Crippen LogP contribution in [0.4, 0.5) is 0 Å². The summed E-state index contributed by atoms with van der Waals surface area (Å²) in [7, 11) is 1.81. The second-order valence-corrected chi connectivity index (χ2v) is 8.43. The van der Waals surface area contributed by atoms with Gasteiger partial charge in [-0.3, -0.25) is 34.2 Å². The lowest BCUT2D eigenvalue weighted by molar-refractivity contribution is -0.136. The number of primary amides is 1. The van der Waals surface area contributed by atoms with Gasteiger partial charge in [0, 0.05) is 43.8 Å². The number of amides is 4. The van der Waals surface area contributed by atoms with Gasteiger partial charge < -0.3 is 10.6 Å². The van der Waals surface area contributed by atoms with Gasteiger partial charge in [-0.15, -0.1) is 0 Å². The number of fused-ring (bicyclic) bond motifs is 1. The van der Waals surface area contributed by atoms with Crippen LogP contribution < -0.4 is 11.1 Å². The highest BCUT2D eigenvalue weighted by Crippen LogP contribution is 2.35. The van der Waals surface area contributed by atoms with Gasteiger partial charge >= 0.3 is 0 Å². The molecule has 10 heteroatoms. The first-order valence-electron chi connectivity index (χ1n) is 10.9. The number of hydrogen-bond acceptors (Lipinski definition) is 6. The normalized spacial score (nSPS) is 17.6. The molecule has 0 radical (unpaired) electrons. The van der Waals surface area contributed by atoms with Gasteiger partial charge in [0.05, 0.1) is 11.4 Å². The maximum absolute atomic E-state index is 13.1. The summed E-state index contributed by atoms with van der Waals surface area (Å²) < 4.78 is 1.73. The van der Waals surface area contributed by atoms with Gasteiger partial charge in [0.15, 0.2) is 0 Å². The lowest BCUT2D eigenvalue weighted by Gasteiger charge is -2.29. The highest BCUT2D eigenvalue weighted by Gasteiger charge is 2.40. The van der Waals surface area contributed by atoms with Crippen LogP contribution in [0.25, 0.3) is 11.3 Å². The molecule has 0 bridgehead atoms. The summed E-state index contributed by atoms with van der Waals surface area (Å²) in [5.74, 6) is -1.58. The zero-order valence-electron chi connectivity index (χ0n) is 18.4. The number of aromatic nitrogens is 3. The van der Waals surface area contributed by atoms with Crippen LogP contribution in [0.15, 0.2) is 42.6 Å². The molecule has 5 rings (SSSR count). The quantitative estimate of drug-likeness (QED) is 0.545. The Balaban J connectivity index is 1.46. The van der Waals surface area contributed by atoms with Crippen LogP contribution in [-0.2, 0) is 29.6 Å². The van der Waals surface area contributed by atoms with Gasteiger partial charge in [-0.2, -0.15) is 5.10 Å². The average molecular weight is 458 g/mol. The number of carbonyl (C=O) groups is 4. The summed E-state index contributed by atoms with van der Waals surface area (Å²) in [6.45, 7) is 0.269. The molecule has 10 nitrogen and oxygen atoms in total. The van der Waals surface area contributed by atoms with E-state index in [-0.39, 0.29) is 30.5 Å². The highest BCUT2D eigenvalue weighted by atomic mass is 16.2. The molecular weight excluding hydrogens is 436 g/mol. The lowest BCUT2D eigenvalue weighted by atomic mass is 10.00. The Kier molecular flexibility index (Phi) is 5.20. The van der Waals surface area contributed by atoms with Gasteiger partial charge in [0.25, 0.3) is 11.8 Å². The van der Waals surface area contributed by atoms with Crippen molar-refractivity contribution < 1.29 is 19.2 Å². The number of piperidine rings is 1. The number of nitrogens with zero attached hydrogens (tertiary/aromatic N) is 4. The van der Waals surface area contributed by atoms with E-state index in [0.29, 0.717) is 24.0 Å². The third-order valence-corrected chi connectivity index (χ3v) is 6.28. The summed E-state index contributed by atoms with van der Waals surface area (Å²) in [5, 5.41) is 6.92. The number of pyridine rings is 1. The first-order chi connectivity index (χ1) is 16.3. The Labute approximate surface area is 194 Å². The SMILES string of the molecule is Cn1nc(Cc2cccnc2C(N)=O)cc1-c1cccc2c1CN(C1CCC(=O)NC1=O)C2=O. The molecule has 172 valence electrons. The molecule has 0 aliphatic carbocycles. The Morgan fingerprint density at radius 1 is 1.18 bits per heavy atom. The van der Waals surface area contributed by atoms with E-state index < -0.39 is 17.9 Å². The Hall–Kier alpha value is -4.34. The molecule has 1 aromatic carbocycles. The molecule has 4 heterocycles. The third kappa shape index (κ3) is 3.62. The van der Waals surface area contributed by atoms with Gasteiger partial charge in [-0.05, 0) is 35.7 Å². The van der Waals surface area contributed by atoms with Crippen LogP contribution in [0.1, 0.15) is 50.5 Å². The van der Waals surface area contributed by atoms with Crippen molar-refractivity contribution in [3.8, 4) is 11.3 Å². The van der Waals surface area contributed by atoms with E-state index in [0.717, 1.165) is 22.5 Å². The number of nitrogens with one attached hydrogen (secondary N) is 1. The summed E-state index contributed by atoms with van der Waals surface area (Å²) in [4.78, 5) is 54.3. The van der Waals surface area contributed by atoms with E-state index in [1.54, 1.807) is 28.9 Å². The smallest absolute Gasteiger partial charge is 0.267 e. The minimum absolute atomic E-state index is 0.204. The molecule has 3 N–H and O–H groups in total. The van der Waals surface area contributed by atoms with Crippen molar-refractivity contribution in [1.29, 1.82) is 0 Å². The summed E-state index contributed by atoms with van der Waals surface area (Å²) >= 11 is 0. The minimum atomic E-state index is -0.676. The molecule has 1 saturated heterocycles. The molecule has 1 unspecified atom stereocenters. The number of benzene rings is 1. The summed E-state index contributed by atoms with van der Waals surface area (Å²) in [5.41, 5.74) is 10.0. The van der Waals surface area contributed by atoms with E-state index in [4.69, 9.17) is 5.73 Å². The largest absolute Gasteiger partial charge is 0.364 e. The summed E-state index contributed by atoms with van der Waals surface area (Å²) in [6.07, 6.45) is 2.40. The van der Waals surface area contributed by atoms with Gasteiger partial charge in [0.2, 0.25) is 11.8 Å². The summed E-state index contributed by atoms with van der Waals surface area (Å²) in [6, 6.07) is 10.2. The number of nitrogens with two attached hydrogens (primary N) is 1. The number of aryl methyl sites for hydroxylation is 1. The Bertz CT molecular complexity index is 1360. The number of carbonyl (C=O) groups excluding carboxylic acids is 4. The molecule has 4 amide bonds. The van der Waals surface area contributed by atoms with Crippen molar-refractivity contribution in [3.63, 3.8) is 0 Å². The third-order valence-electron chi connectivity index (χ3n) is 6.28. The molecule has 2 aliphatic rings. The zero-order valence-corrected chi connectivity index (χ0v) is 18.4. The lowest BCUT2D eigenvalue weighted by Crippen LogP contribution is -2.52. The Morgan fingerprint density at radius 2 is 1.97 bits per heavy atom. The van der Waals surface area contributed by atoms with Crippen molar-refractivity contribution in [2.75, 3.05) is 0 Å². The highest BCUT2D eigenvalue weighted by molar-refractivity contribution is 6.06. The second-order valence-electron chi connectivity index (χ2n) is 8.43. The van der Waals surface area contributed by atoms with Gasteiger partial charge in [0.1, 0.15) is 11.7 Å². The first kappa shape index (κ1) is 21.5. The monoisotopic (exact) mass is 458 g/mol. The molecule has 3 aromatic rings. The van der Waals surface area contributed by atoms with E-state index in [2.05, 4.69) is 15.4 Å². The van der Waals surface area contributed by atoms with E-state index >= 15 is 0 Å². The van der Waals surface area contributed by atoms with Crippen LogP contribution in [0.3, 0.4) is 0 Å². The van der Waals surface area contributed by atoms with E-state index in [1.807, 2.05) is 19.2 Å². The van der Waals surface area contributed by atoms with Crippen LogP contribution in [0.2, 0.25) is 0 Å². The van der Waals surface area contributed by atoms with Gasteiger partial charge in [-0.25, -0.2) is 0 Å². The molecular formula is C24H22N6O4. The van der Waals surface area contributed by atoms with E-state index in [9.17, 15) is 19.2 Å².